The fourth-order valence-corrected chi connectivity index (χ4v) is 5.31. The molecule has 0 N–H and O–H groups in total. The number of hydrogen-bond acceptors (Lipinski definition) is 6. The smallest absolute Gasteiger partial charge is 0.266 e. The molecule has 0 radical (unpaired) electrons. The molecular weight excluding hydrogens is 581 g/mol. The number of hydrogen-bond donors (Lipinski definition) is 0. The Kier molecular flexibility index (Phi) is 9.06. The van der Waals surface area contributed by atoms with Crippen LogP contribution >= 0.6 is 46.6 Å². The number of thiocarbonyl (C=S) groups is 1. The van der Waals surface area contributed by atoms with Crippen LogP contribution in [0.25, 0.3) is 6.08 Å². The number of nitrogens with zero attached hydrogens (tertiary/aromatic N) is 1. The fourth-order valence-electron chi connectivity index (χ4n) is 3.26. The van der Waals surface area contributed by atoms with Gasteiger partial charge >= 0.3 is 0 Å². The third-order valence-electron chi connectivity index (χ3n) is 5.05. The Bertz CT molecular complexity index is 1110. The monoisotopic (exact) mass is 609 g/mol. The first-order valence-electron chi connectivity index (χ1n) is 10.7. The van der Waals surface area contributed by atoms with E-state index in [9.17, 15) is 4.79 Å². The molecule has 2 aromatic carbocycles. The summed E-state index contributed by atoms with van der Waals surface area (Å²) >= 11 is 8.80. The first kappa shape index (κ1) is 26.6. The van der Waals surface area contributed by atoms with Gasteiger partial charge in [-0.25, -0.2) is 0 Å². The molecule has 5 nitrogen and oxygen atoms in total. The molecule has 1 heterocycles. The Labute approximate surface area is 224 Å². The van der Waals surface area contributed by atoms with Crippen molar-refractivity contribution < 1.29 is 19.0 Å². The quantitative estimate of drug-likeness (QED) is 0.107. The molecule has 0 spiro atoms. The second kappa shape index (κ2) is 11.6. The van der Waals surface area contributed by atoms with Crippen molar-refractivity contribution in [1.82, 2.24) is 4.90 Å². The van der Waals surface area contributed by atoms with E-state index in [0.717, 1.165) is 14.9 Å². The molecule has 0 unspecified atom stereocenters. The van der Waals surface area contributed by atoms with Gasteiger partial charge in [-0.3, -0.25) is 9.69 Å². The second-order valence-corrected chi connectivity index (χ2v) is 11.4. The Morgan fingerprint density at radius 2 is 1.82 bits per heavy atom. The maximum Gasteiger partial charge on any atom is 0.266 e. The lowest BCUT2D eigenvalue weighted by Gasteiger charge is -2.19. The molecule has 1 fully saturated rings. The summed E-state index contributed by atoms with van der Waals surface area (Å²) in [5.74, 6) is 1.93. The van der Waals surface area contributed by atoms with Gasteiger partial charge in [-0.15, -0.1) is 6.58 Å². The number of carbonyl (C=O) groups excluding carboxylic acids is 1. The van der Waals surface area contributed by atoms with E-state index < -0.39 is 0 Å². The Morgan fingerprint density at radius 1 is 1.15 bits per heavy atom. The molecule has 180 valence electrons. The lowest BCUT2D eigenvalue weighted by Crippen LogP contribution is -2.27. The maximum atomic E-state index is 12.6. The van der Waals surface area contributed by atoms with Gasteiger partial charge in [-0.1, -0.05) is 63.0 Å². The van der Waals surface area contributed by atoms with Gasteiger partial charge in [0.1, 0.15) is 23.3 Å². The van der Waals surface area contributed by atoms with Crippen molar-refractivity contribution in [3.05, 3.63) is 68.7 Å². The SMILES string of the molecule is C=CCN1C(=O)C(=Cc2cc(I)c(OCCOc3ccc(C(C)(C)C)cc3)c(OC)c2)SC1=S. The zero-order valence-corrected chi connectivity index (χ0v) is 23.5. The Balaban J connectivity index is 1.64. The van der Waals surface area contributed by atoms with E-state index in [-0.39, 0.29) is 11.3 Å². The lowest BCUT2D eigenvalue weighted by atomic mass is 9.87. The summed E-state index contributed by atoms with van der Waals surface area (Å²) in [4.78, 5) is 14.7. The number of halogens is 1. The highest BCUT2D eigenvalue weighted by Crippen LogP contribution is 2.37. The molecule has 3 rings (SSSR count). The molecule has 0 atom stereocenters. The topological polar surface area (TPSA) is 48.0 Å². The Hall–Kier alpha value is -2.04. The molecular formula is C26H28INO4S2. The molecule has 0 saturated carbocycles. The van der Waals surface area contributed by atoms with E-state index in [1.54, 1.807) is 13.2 Å². The molecule has 0 aliphatic carbocycles. The van der Waals surface area contributed by atoms with Crippen LogP contribution in [0.2, 0.25) is 0 Å². The molecule has 1 aliphatic heterocycles. The van der Waals surface area contributed by atoms with Crippen molar-refractivity contribution in [2.45, 2.75) is 26.2 Å². The highest BCUT2D eigenvalue weighted by Gasteiger charge is 2.31. The molecule has 34 heavy (non-hydrogen) atoms. The number of benzene rings is 2. The van der Waals surface area contributed by atoms with Crippen molar-refractivity contribution in [2.24, 2.45) is 0 Å². The molecule has 8 heteroatoms. The highest BCUT2D eigenvalue weighted by atomic mass is 127. The average Bonchev–Trinajstić information content (AvgIpc) is 3.04. The minimum absolute atomic E-state index is 0.109. The second-order valence-electron chi connectivity index (χ2n) is 8.59. The first-order valence-corrected chi connectivity index (χ1v) is 13.0. The zero-order chi connectivity index (χ0) is 24.9. The summed E-state index contributed by atoms with van der Waals surface area (Å²) < 4.78 is 18.8. The molecule has 0 bridgehead atoms. The van der Waals surface area contributed by atoms with Crippen LogP contribution in [0.5, 0.6) is 17.2 Å². The molecule has 2 aromatic rings. The van der Waals surface area contributed by atoms with Gasteiger partial charge in [0.25, 0.3) is 5.91 Å². The van der Waals surface area contributed by atoms with Crippen LogP contribution in [0.15, 0.2) is 54.0 Å². The van der Waals surface area contributed by atoms with E-state index >= 15 is 0 Å². The number of amides is 1. The van der Waals surface area contributed by atoms with Crippen LogP contribution in [-0.2, 0) is 10.2 Å². The van der Waals surface area contributed by atoms with Crippen LogP contribution in [-0.4, -0.2) is 42.0 Å². The summed E-state index contributed by atoms with van der Waals surface area (Å²) in [6, 6.07) is 11.9. The van der Waals surface area contributed by atoms with Gasteiger partial charge in [0, 0.05) is 6.54 Å². The highest BCUT2D eigenvalue weighted by molar-refractivity contribution is 14.1. The number of ether oxygens (including phenoxy) is 3. The van der Waals surface area contributed by atoms with Gasteiger partial charge in [-0.2, -0.15) is 0 Å². The summed E-state index contributed by atoms with van der Waals surface area (Å²) in [5.41, 5.74) is 2.21. The lowest BCUT2D eigenvalue weighted by molar-refractivity contribution is -0.121. The number of thioether (sulfide) groups is 1. The number of rotatable bonds is 9. The normalized spacial score (nSPS) is 15.1. The van der Waals surface area contributed by atoms with Crippen molar-refractivity contribution in [3.63, 3.8) is 0 Å². The van der Waals surface area contributed by atoms with E-state index in [0.29, 0.717) is 40.5 Å². The van der Waals surface area contributed by atoms with E-state index in [4.69, 9.17) is 26.4 Å². The van der Waals surface area contributed by atoms with Gasteiger partial charge in [0.05, 0.1) is 15.6 Å². The van der Waals surface area contributed by atoms with Gasteiger partial charge in [-0.05, 0) is 69.5 Å². The van der Waals surface area contributed by atoms with Gasteiger partial charge < -0.3 is 14.2 Å². The van der Waals surface area contributed by atoms with Crippen LogP contribution in [0.3, 0.4) is 0 Å². The predicted molar refractivity (Wildman–Crippen MR) is 152 cm³/mol. The van der Waals surface area contributed by atoms with Crippen molar-refractivity contribution in [1.29, 1.82) is 0 Å². The van der Waals surface area contributed by atoms with Gasteiger partial charge in [0.15, 0.2) is 11.5 Å². The van der Waals surface area contributed by atoms with Crippen molar-refractivity contribution in [2.75, 3.05) is 26.9 Å². The fraction of sp³-hybridized carbons (Fsp3) is 0.308. The van der Waals surface area contributed by atoms with E-state index in [1.165, 1.54) is 22.2 Å². The molecule has 0 aromatic heterocycles. The van der Waals surface area contributed by atoms with Crippen LogP contribution in [0.4, 0.5) is 0 Å². The largest absolute Gasteiger partial charge is 0.493 e. The van der Waals surface area contributed by atoms with Crippen LogP contribution < -0.4 is 14.2 Å². The first-order chi connectivity index (χ1) is 16.1. The minimum Gasteiger partial charge on any atom is -0.493 e. The molecule has 1 saturated heterocycles. The van der Waals surface area contributed by atoms with E-state index in [1.807, 2.05) is 30.3 Å². The standard InChI is InChI=1S/C26H28INO4S2/c1-6-11-28-24(29)22(34-25(28)33)16-17-14-20(27)23(21(15-17)30-5)32-13-12-31-19-9-7-18(8-10-19)26(2,3)4/h6-10,14-16H,1,11-13H2,2-5H3. The summed E-state index contributed by atoms with van der Waals surface area (Å²) in [7, 11) is 1.60. The summed E-state index contributed by atoms with van der Waals surface area (Å²) in [6.45, 7) is 11.4. The predicted octanol–water partition coefficient (Wildman–Crippen LogP) is 6.44. The molecule has 1 aliphatic rings. The van der Waals surface area contributed by atoms with Crippen LogP contribution in [0.1, 0.15) is 31.9 Å². The maximum absolute atomic E-state index is 12.6. The summed E-state index contributed by atoms with van der Waals surface area (Å²) in [6.07, 6.45) is 3.48. The number of methoxy groups -OCH3 is 1. The third-order valence-corrected chi connectivity index (χ3v) is 7.23. The van der Waals surface area contributed by atoms with Gasteiger partial charge in [0.2, 0.25) is 0 Å². The minimum atomic E-state index is -0.114. The third kappa shape index (κ3) is 6.55. The Morgan fingerprint density at radius 3 is 2.44 bits per heavy atom. The van der Waals surface area contributed by atoms with Crippen LogP contribution in [0, 0.1) is 3.57 Å². The van der Waals surface area contributed by atoms with Crippen molar-refractivity contribution in [3.8, 4) is 17.2 Å². The number of carbonyl (C=O) groups is 1. The average molecular weight is 610 g/mol. The van der Waals surface area contributed by atoms with E-state index in [2.05, 4.69) is 62.1 Å². The van der Waals surface area contributed by atoms with Crippen molar-refractivity contribution >= 4 is 62.9 Å². The molecule has 1 amide bonds. The zero-order valence-electron chi connectivity index (χ0n) is 19.7. The summed E-state index contributed by atoms with van der Waals surface area (Å²) in [5, 5.41) is 0.